The van der Waals surface area contributed by atoms with Crippen LogP contribution in [0.4, 0.5) is 5.69 Å². The second kappa shape index (κ2) is 5.00. The van der Waals surface area contributed by atoms with E-state index in [1.807, 2.05) is 43.3 Å². The van der Waals surface area contributed by atoms with E-state index < -0.39 is 0 Å². The Labute approximate surface area is 118 Å². The summed E-state index contributed by atoms with van der Waals surface area (Å²) >= 11 is 0. The van der Waals surface area contributed by atoms with Gasteiger partial charge < -0.3 is 10.1 Å². The standard InChI is InChI=1S/C17H17NO2/c1-11-3-6-16(20-2)14(9-11)17(19)13-5-4-12-7-8-18-15(12)10-13/h3-6,9-10,18H,7-8H2,1-2H3. The molecule has 0 atom stereocenters. The van der Waals surface area contributed by atoms with Crippen molar-refractivity contribution in [1.82, 2.24) is 0 Å². The van der Waals surface area contributed by atoms with E-state index in [2.05, 4.69) is 5.32 Å². The Balaban J connectivity index is 2.02. The van der Waals surface area contributed by atoms with Gasteiger partial charge >= 0.3 is 0 Å². The van der Waals surface area contributed by atoms with Gasteiger partial charge in [0.1, 0.15) is 5.75 Å². The predicted octanol–water partition coefficient (Wildman–Crippen LogP) is 3.20. The molecule has 0 aliphatic carbocycles. The van der Waals surface area contributed by atoms with E-state index in [4.69, 9.17) is 4.74 Å². The minimum atomic E-state index is 0.00190. The first-order valence-corrected chi connectivity index (χ1v) is 6.75. The predicted molar refractivity (Wildman–Crippen MR) is 79.8 cm³/mol. The molecule has 1 heterocycles. The van der Waals surface area contributed by atoms with Crippen molar-refractivity contribution in [2.45, 2.75) is 13.3 Å². The molecule has 0 amide bonds. The van der Waals surface area contributed by atoms with Crippen LogP contribution in [0.2, 0.25) is 0 Å². The second-order valence-electron chi connectivity index (χ2n) is 5.08. The van der Waals surface area contributed by atoms with Gasteiger partial charge in [0, 0.05) is 17.8 Å². The first kappa shape index (κ1) is 12.7. The lowest BCUT2D eigenvalue weighted by Gasteiger charge is -2.10. The lowest BCUT2D eigenvalue weighted by molar-refractivity contribution is 0.103. The van der Waals surface area contributed by atoms with Gasteiger partial charge in [-0.05, 0) is 37.1 Å². The summed E-state index contributed by atoms with van der Waals surface area (Å²) in [7, 11) is 1.59. The Kier molecular flexibility index (Phi) is 3.18. The zero-order valence-corrected chi connectivity index (χ0v) is 11.7. The molecule has 0 saturated carbocycles. The van der Waals surface area contributed by atoms with Crippen LogP contribution >= 0.6 is 0 Å². The van der Waals surface area contributed by atoms with Gasteiger partial charge in [0.25, 0.3) is 0 Å². The van der Waals surface area contributed by atoms with Crippen LogP contribution in [0.3, 0.4) is 0 Å². The highest BCUT2D eigenvalue weighted by Gasteiger charge is 2.17. The number of rotatable bonds is 3. The zero-order valence-electron chi connectivity index (χ0n) is 11.7. The van der Waals surface area contributed by atoms with Gasteiger partial charge in [0.05, 0.1) is 12.7 Å². The number of ketones is 1. The topological polar surface area (TPSA) is 38.3 Å². The summed E-state index contributed by atoms with van der Waals surface area (Å²) in [5.41, 5.74) is 4.71. The van der Waals surface area contributed by atoms with Crippen molar-refractivity contribution in [3.63, 3.8) is 0 Å². The van der Waals surface area contributed by atoms with Crippen molar-refractivity contribution in [3.05, 3.63) is 58.7 Å². The smallest absolute Gasteiger partial charge is 0.196 e. The highest BCUT2D eigenvalue weighted by molar-refractivity contribution is 6.11. The van der Waals surface area contributed by atoms with Crippen LogP contribution in [-0.4, -0.2) is 19.4 Å². The number of hydrogen-bond donors (Lipinski definition) is 1. The first-order valence-electron chi connectivity index (χ1n) is 6.75. The van der Waals surface area contributed by atoms with Gasteiger partial charge in [-0.3, -0.25) is 4.79 Å². The van der Waals surface area contributed by atoms with E-state index in [9.17, 15) is 4.79 Å². The highest BCUT2D eigenvalue weighted by atomic mass is 16.5. The molecule has 0 unspecified atom stereocenters. The largest absolute Gasteiger partial charge is 0.496 e. The van der Waals surface area contributed by atoms with Crippen molar-refractivity contribution in [1.29, 1.82) is 0 Å². The maximum absolute atomic E-state index is 12.7. The first-order chi connectivity index (χ1) is 9.69. The number of hydrogen-bond acceptors (Lipinski definition) is 3. The number of nitrogens with one attached hydrogen (secondary N) is 1. The summed E-state index contributed by atoms with van der Waals surface area (Å²) in [6.45, 7) is 2.92. The van der Waals surface area contributed by atoms with E-state index in [-0.39, 0.29) is 5.78 Å². The molecule has 0 bridgehead atoms. The number of aryl methyl sites for hydroxylation is 1. The Morgan fingerprint density at radius 3 is 2.85 bits per heavy atom. The van der Waals surface area contributed by atoms with Crippen LogP contribution in [0.15, 0.2) is 36.4 Å². The van der Waals surface area contributed by atoms with E-state index >= 15 is 0 Å². The molecule has 1 aliphatic rings. The van der Waals surface area contributed by atoms with Gasteiger partial charge in [-0.15, -0.1) is 0 Å². The SMILES string of the molecule is COc1ccc(C)cc1C(=O)c1ccc2c(c1)NCC2. The van der Waals surface area contributed by atoms with Crippen LogP contribution < -0.4 is 10.1 Å². The average molecular weight is 267 g/mol. The van der Waals surface area contributed by atoms with Crippen LogP contribution in [-0.2, 0) is 6.42 Å². The summed E-state index contributed by atoms with van der Waals surface area (Å²) < 4.78 is 5.30. The maximum atomic E-state index is 12.7. The lowest BCUT2D eigenvalue weighted by Crippen LogP contribution is -2.05. The Hall–Kier alpha value is -2.29. The van der Waals surface area contributed by atoms with Gasteiger partial charge in [-0.2, -0.15) is 0 Å². The lowest BCUT2D eigenvalue weighted by atomic mass is 9.99. The molecule has 0 spiro atoms. The molecule has 3 rings (SSSR count). The number of anilines is 1. The summed E-state index contributed by atoms with van der Waals surface area (Å²) in [6.07, 6.45) is 1.03. The summed E-state index contributed by atoms with van der Waals surface area (Å²) in [4.78, 5) is 12.7. The minimum absolute atomic E-state index is 0.00190. The highest BCUT2D eigenvalue weighted by Crippen LogP contribution is 2.27. The fraction of sp³-hybridized carbons (Fsp3) is 0.235. The van der Waals surface area contributed by atoms with Crippen molar-refractivity contribution in [2.24, 2.45) is 0 Å². The van der Waals surface area contributed by atoms with Crippen molar-refractivity contribution >= 4 is 11.5 Å². The summed E-state index contributed by atoms with van der Waals surface area (Å²) in [6, 6.07) is 11.5. The van der Waals surface area contributed by atoms with Gasteiger partial charge in [-0.25, -0.2) is 0 Å². The summed E-state index contributed by atoms with van der Waals surface area (Å²) in [5, 5.41) is 3.30. The number of fused-ring (bicyclic) bond motifs is 1. The van der Waals surface area contributed by atoms with Gasteiger partial charge in [0.2, 0.25) is 0 Å². The molecule has 3 heteroatoms. The number of ether oxygens (including phenoxy) is 1. The molecule has 2 aromatic carbocycles. The molecular formula is C17H17NO2. The monoisotopic (exact) mass is 267 g/mol. The third-order valence-electron chi connectivity index (χ3n) is 3.68. The molecule has 3 nitrogen and oxygen atoms in total. The van der Waals surface area contributed by atoms with E-state index in [0.29, 0.717) is 16.9 Å². The number of carbonyl (C=O) groups is 1. The molecule has 102 valence electrons. The van der Waals surface area contributed by atoms with Crippen LogP contribution in [0.5, 0.6) is 5.75 Å². The second-order valence-corrected chi connectivity index (χ2v) is 5.08. The van der Waals surface area contributed by atoms with E-state index in [1.54, 1.807) is 7.11 Å². The maximum Gasteiger partial charge on any atom is 0.196 e. The number of benzene rings is 2. The molecule has 0 radical (unpaired) electrons. The zero-order chi connectivity index (χ0) is 14.1. The van der Waals surface area contributed by atoms with Crippen molar-refractivity contribution < 1.29 is 9.53 Å². The molecule has 20 heavy (non-hydrogen) atoms. The molecule has 2 aromatic rings. The van der Waals surface area contributed by atoms with E-state index in [1.165, 1.54) is 5.56 Å². The number of methoxy groups -OCH3 is 1. The molecule has 0 fully saturated rings. The Morgan fingerprint density at radius 2 is 2.05 bits per heavy atom. The van der Waals surface area contributed by atoms with Gasteiger partial charge in [0.15, 0.2) is 5.78 Å². The van der Waals surface area contributed by atoms with Crippen LogP contribution in [0.25, 0.3) is 0 Å². The fourth-order valence-electron chi connectivity index (χ4n) is 2.59. The normalized spacial score (nSPS) is 12.7. The van der Waals surface area contributed by atoms with Crippen molar-refractivity contribution in [3.8, 4) is 5.75 Å². The fourth-order valence-corrected chi connectivity index (χ4v) is 2.59. The number of carbonyl (C=O) groups excluding carboxylic acids is 1. The third kappa shape index (κ3) is 2.16. The minimum Gasteiger partial charge on any atom is -0.496 e. The van der Waals surface area contributed by atoms with E-state index in [0.717, 1.165) is 24.2 Å². The van der Waals surface area contributed by atoms with Crippen LogP contribution in [0, 0.1) is 6.92 Å². The quantitative estimate of drug-likeness (QED) is 0.868. The molecule has 1 aliphatic heterocycles. The molecule has 0 saturated heterocycles. The molecule has 0 aromatic heterocycles. The Bertz CT molecular complexity index is 677. The molecular weight excluding hydrogens is 250 g/mol. The van der Waals surface area contributed by atoms with Crippen molar-refractivity contribution in [2.75, 3.05) is 19.0 Å². The Morgan fingerprint density at radius 1 is 1.20 bits per heavy atom. The van der Waals surface area contributed by atoms with Gasteiger partial charge in [-0.1, -0.05) is 23.8 Å². The third-order valence-corrected chi connectivity index (χ3v) is 3.68. The average Bonchev–Trinajstić information content (AvgIpc) is 2.93. The molecule has 1 N–H and O–H groups in total. The summed E-state index contributed by atoms with van der Waals surface area (Å²) in [5.74, 6) is 0.621. The van der Waals surface area contributed by atoms with Crippen LogP contribution in [0.1, 0.15) is 27.0 Å².